The third kappa shape index (κ3) is 5.97. The van der Waals surface area contributed by atoms with Crippen molar-refractivity contribution in [1.82, 2.24) is 5.32 Å². The summed E-state index contributed by atoms with van der Waals surface area (Å²) in [5, 5.41) is 12.8. The van der Waals surface area contributed by atoms with Crippen LogP contribution in [-0.2, 0) is 20.7 Å². The molecule has 0 aromatic heterocycles. The van der Waals surface area contributed by atoms with E-state index < -0.39 is 11.2 Å². The first kappa shape index (κ1) is 23.5. The number of amides is 2. The molecule has 168 valence electrons. The Morgan fingerprint density at radius 1 is 1.19 bits per heavy atom. The smallest absolute Gasteiger partial charge is 0.338 e. The normalized spacial score (nSPS) is 16.4. The van der Waals surface area contributed by atoms with Crippen molar-refractivity contribution in [2.45, 2.75) is 38.4 Å². The summed E-state index contributed by atoms with van der Waals surface area (Å²) < 4.78 is 5.02. The van der Waals surface area contributed by atoms with Crippen LogP contribution in [0.1, 0.15) is 53.4 Å². The van der Waals surface area contributed by atoms with Gasteiger partial charge in [0.1, 0.15) is 5.25 Å². The van der Waals surface area contributed by atoms with Crippen LogP contribution in [0.4, 0.5) is 5.69 Å². The van der Waals surface area contributed by atoms with Crippen molar-refractivity contribution in [3.05, 3.63) is 65.2 Å². The summed E-state index contributed by atoms with van der Waals surface area (Å²) >= 11 is 1.19. The van der Waals surface area contributed by atoms with Gasteiger partial charge in [-0.2, -0.15) is 0 Å². The van der Waals surface area contributed by atoms with Gasteiger partial charge in [0.25, 0.3) is 0 Å². The molecule has 3 rings (SSSR count). The average Bonchev–Trinajstić information content (AvgIpc) is 3.12. The second-order valence-electron chi connectivity index (χ2n) is 7.54. The van der Waals surface area contributed by atoms with E-state index in [2.05, 4.69) is 10.6 Å². The fourth-order valence-corrected chi connectivity index (χ4v) is 4.42. The van der Waals surface area contributed by atoms with Gasteiger partial charge in [-0.1, -0.05) is 55.4 Å². The third-order valence-electron chi connectivity index (χ3n) is 5.12. The van der Waals surface area contributed by atoms with Crippen molar-refractivity contribution in [3.63, 3.8) is 0 Å². The fourth-order valence-electron chi connectivity index (χ4n) is 3.57. The van der Waals surface area contributed by atoms with Gasteiger partial charge in [0.15, 0.2) is 5.17 Å². The molecule has 1 saturated heterocycles. The molecule has 32 heavy (non-hydrogen) atoms. The quantitative estimate of drug-likeness (QED) is 0.491. The number of esters is 1. The van der Waals surface area contributed by atoms with E-state index in [0.29, 0.717) is 24.3 Å². The summed E-state index contributed by atoms with van der Waals surface area (Å²) in [5.41, 5.74) is 2.80. The van der Waals surface area contributed by atoms with E-state index in [0.717, 1.165) is 24.0 Å². The zero-order valence-electron chi connectivity index (χ0n) is 18.1. The molecular weight excluding hydrogens is 426 g/mol. The van der Waals surface area contributed by atoms with Gasteiger partial charge >= 0.3 is 5.97 Å². The first-order chi connectivity index (χ1) is 15.4. The predicted octanol–water partition coefficient (Wildman–Crippen LogP) is 4.30. The Morgan fingerprint density at radius 3 is 2.56 bits per heavy atom. The van der Waals surface area contributed by atoms with Crippen LogP contribution in [0.5, 0.6) is 0 Å². The Morgan fingerprint density at radius 2 is 1.94 bits per heavy atom. The predicted molar refractivity (Wildman–Crippen MR) is 126 cm³/mol. The number of nitrogens with one attached hydrogen (secondary N) is 3. The number of hydrogen-bond acceptors (Lipinski definition) is 6. The van der Waals surface area contributed by atoms with E-state index in [1.807, 2.05) is 31.2 Å². The van der Waals surface area contributed by atoms with Crippen molar-refractivity contribution < 1.29 is 19.1 Å². The number of carbonyl (C=O) groups is 3. The second kappa shape index (κ2) is 10.9. The van der Waals surface area contributed by atoms with Gasteiger partial charge in [0.05, 0.1) is 12.2 Å². The summed E-state index contributed by atoms with van der Waals surface area (Å²) in [6, 6.07) is 14.4. The largest absolute Gasteiger partial charge is 0.462 e. The van der Waals surface area contributed by atoms with Gasteiger partial charge in [-0.05, 0) is 49.1 Å². The van der Waals surface area contributed by atoms with E-state index in [1.165, 1.54) is 11.8 Å². The number of anilines is 1. The minimum Gasteiger partial charge on any atom is -0.462 e. The molecule has 7 nitrogen and oxygen atoms in total. The lowest BCUT2D eigenvalue weighted by atomic mass is 9.93. The molecule has 2 aromatic carbocycles. The van der Waals surface area contributed by atoms with Gasteiger partial charge in [0, 0.05) is 11.6 Å². The fraction of sp³-hybridized carbons (Fsp3) is 0.333. The summed E-state index contributed by atoms with van der Waals surface area (Å²) in [6.07, 6.45) is 2.15. The highest BCUT2D eigenvalue weighted by Crippen LogP contribution is 2.34. The minimum absolute atomic E-state index is 0.101. The molecule has 1 aliphatic heterocycles. The average molecular weight is 454 g/mol. The zero-order chi connectivity index (χ0) is 23.1. The lowest BCUT2D eigenvalue weighted by molar-refractivity contribution is -0.120. The molecule has 0 aliphatic carbocycles. The highest BCUT2D eigenvalue weighted by Gasteiger charge is 2.30. The van der Waals surface area contributed by atoms with E-state index in [1.54, 1.807) is 31.2 Å². The van der Waals surface area contributed by atoms with Gasteiger partial charge in [-0.25, -0.2) is 4.79 Å². The first-order valence-electron chi connectivity index (χ1n) is 10.6. The molecule has 0 bridgehead atoms. The second-order valence-corrected chi connectivity index (χ2v) is 8.65. The Kier molecular flexibility index (Phi) is 8.05. The molecule has 2 amide bonds. The molecule has 8 heteroatoms. The SMILES string of the molecule is CCCC(Cc1ccc(C2SC(=N)NC2=O)cc1)C(=O)Nc1cccc(C(=O)OCC)c1. The van der Waals surface area contributed by atoms with E-state index in [9.17, 15) is 14.4 Å². The van der Waals surface area contributed by atoms with Crippen LogP contribution in [0.25, 0.3) is 0 Å². The molecule has 3 N–H and O–H groups in total. The number of benzene rings is 2. The van der Waals surface area contributed by atoms with Gasteiger partial charge in [0.2, 0.25) is 11.8 Å². The van der Waals surface area contributed by atoms with Crippen molar-refractivity contribution in [2.75, 3.05) is 11.9 Å². The molecule has 0 radical (unpaired) electrons. The number of amidine groups is 1. The number of rotatable bonds is 9. The third-order valence-corrected chi connectivity index (χ3v) is 6.18. The standard InChI is InChI=1S/C24H27N3O4S/c1-3-6-17(21(28)26-19-8-5-7-18(14-19)23(30)31-4-2)13-15-9-11-16(12-10-15)20-22(29)27-24(25)32-20/h5,7-12,14,17,20H,3-4,6,13H2,1-2H3,(H,26,28)(H2,25,27,29). The van der Waals surface area contributed by atoms with Crippen LogP contribution < -0.4 is 10.6 Å². The van der Waals surface area contributed by atoms with Crippen LogP contribution in [0.15, 0.2) is 48.5 Å². The molecule has 1 fully saturated rings. The maximum absolute atomic E-state index is 13.0. The molecule has 0 spiro atoms. The Bertz CT molecular complexity index is 1010. The molecule has 1 aliphatic rings. The Hall–Kier alpha value is -3.13. The van der Waals surface area contributed by atoms with Crippen LogP contribution in [0.3, 0.4) is 0 Å². The minimum atomic E-state index is -0.418. The monoisotopic (exact) mass is 453 g/mol. The molecular formula is C24H27N3O4S. The number of ether oxygens (including phenoxy) is 1. The lowest BCUT2D eigenvalue weighted by Gasteiger charge is -2.17. The first-order valence-corrected chi connectivity index (χ1v) is 11.5. The number of hydrogen-bond donors (Lipinski definition) is 3. The summed E-state index contributed by atoms with van der Waals surface area (Å²) in [6.45, 7) is 4.08. The summed E-state index contributed by atoms with van der Waals surface area (Å²) in [4.78, 5) is 36.9. The van der Waals surface area contributed by atoms with Crippen molar-refractivity contribution >= 4 is 40.4 Å². The van der Waals surface area contributed by atoms with Crippen LogP contribution in [0.2, 0.25) is 0 Å². The topological polar surface area (TPSA) is 108 Å². The maximum atomic E-state index is 13.0. The van der Waals surface area contributed by atoms with Crippen molar-refractivity contribution in [3.8, 4) is 0 Å². The van der Waals surface area contributed by atoms with Gasteiger partial charge in [-0.15, -0.1) is 0 Å². The van der Waals surface area contributed by atoms with E-state index >= 15 is 0 Å². The Balaban J connectivity index is 1.67. The number of carbonyl (C=O) groups excluding carboxylic acids is 3. The van der Waals surface area contributed by atoms with E-state index in [4.69, 9.17) is 10.1 Å². The summed E-state index contributed by atoms with van der Waals surface area (Å²) in [7, 11) is 0. The lowest BCUT2D eigenvalue weighted by Crippen LogP contribution is -2.25. The summed E-state index contributed by atoms with van der Waals surface area (Å²) in [5.74, 6) is -0.926. The highest BCUT2D eigenvalue weighted by atomic mass is 32.2. The molecule has 1 heterocycles. The van der Waals surface area contributed by atoms with Crippen molar-refractivity contribution in [2.24, 2.45) is 5.92 Å². The highest BCUT2D eigenvalue weighted by molar-refractivity contribution is 8.15. The number of thioether (sulfide) groups is 1. The van der Waals surface area contributed by atoms with Crippen LogP contribution >= 0.6 is 11.8 Å². The van der Waals surface area contributed by atoms with Crippen LogP contribution in [-0.4, -0.2) is 29.6 Å². The zero-order valence-corrected chi connectivity index (χ0v) is 19.0. The molecule has 2 atom stereocenters. The van der Waals surface area contributed by atoms with Gasteiger partial charge in [-0.3, -0.25) is 15.0 Å². The van der Waals surface area contributed by atoms with Crippen molar-refractivity contribution in [1.29, 1.82) is 5.41 Å². The molecule has 2 aromatic rings. The Labute approximate surface area is 191 Å². The maximum Gasteiger partial charge on any atom is 0.338 e. The van der Waals surface area contributed by atoms with E-state index in [-0.39, 0.29) is 22.9 Å². The van der Waals surface area contributed by atoms with Crippen LogP contribution in [0, 0.1) is 11.3 Å². The molecule has 2 unspecified atom stereocenters. The van der Waals surface area contributed by atoms with Gasteiger partial charge < -0.3 is 15.4 Å². The molecule has 0 saturated carbocycles.